The van der Waals surface area contributed by atoms with Crippen LogP contribution < -0.4 is 10.6 Å². The van der Waals surface area contributed by atoms with Crippen molar-refractivity contribution in [3.63, 3.8) is 0 Å². The van der Waals surface area contributed by atoms with E-state index in [1.54, 1.807) is 7.05 Å². The standard InChI is InChI=1S/C19H28F3N5O2.HI/c1-23-18(25-12-17(28)26(2)14-19(20,21)22)24-11-15-5-3-4-6-16(15)13-27-7-9-29-10-8-27;/h3-6H,7-14H2,1-2H3,(H2,23,24,25);1H. The zero-order valence-corrected chi connectivity index (χ0v) is 19.5. The molecule has 11 heteroatoms. The summed E-state index contributed by atoms with van der Waals surface area (Å²) in [5.41, 5.74) is 2.26. The van der Waals surface area contributed by atoms with Crippen molar-refractivity contribution in [2.45, 2.75) is 19.3 Å². The molecule has 1 saturated heterocycles. The van der Waals surface area contributed by atoms with Crippen LogP contribution in [0, 0.1) is 0 Å². The lowest BCUT2D eigenvalue weighted by molar-refractivity contribution is -0.157. The summed E-state index contributed by atoms with van der Waals surface area (Å²) >= 11 is 0. The Labute approximate surface area is 192 Å². The molecule has 1 aromatic carbocycles. The predicted molar refractivity (Wildman–Crippen MR) is 120 cm³/mol. The molecule has 1 amide bonds. The SMILES string of the molecule is CN=C(NCC(=O)N(C)CC(F)(F)F)NCc1ccccc1CN1CCOCC1.I. The largest absolute Gasteiger partial charge is 0.406 e. The van der Waals surface area contributed by atoms with E-state index in [9.17, 15) is 18.0 Å². The Hall–Kier alpha value is -1.60. The number of carbonyl (C=O) groups excluding carboxylic acids is 1. The number of rotatable bonds is 7. The smallest absolute Gasteiger partial charge is 0.379 e. The van der Waals surface area contributed by atoms with E-state index in [0.717, 1.165) is 45.5 Å². The molecule has 1 aromatic rings. The Bertz CT molecular complexity index is 697. The van der Waals surface area contributed by atoms with Crippen molar-refractivity contribution >= 4 is 35.8 Å². The molecule has 30 heavy (non-hydrogen) atoms. The topological polar surface area (TPSA) is 69.2 Å². The number of nitrogens with zero attached hydrogens (tertiary/aromatic N) is 3. The van der Waals surface area contributed by atoms with Crippen LogP contribution in [0.2, 0.25) is 0 Å². The number of guanidine groups is 1. The Morgan fingerprint density at radius 2 is 1.83 bits per heavy atom. The van der Waals surface area contributed by atoms with Crippen LogP contribution in [0.4, 0.5) is 13.2 Å². The Morgan fingerprint density at radius 1 is 1.20 bits per heavy atom. The van der Waals surface area contributed by atoms with Gasteiger partial charge in [-0.1, -0.05) is 24.3 Å². The van der Waals surface area contributed by atoms with Gasteiger partial charge in [0.25, 0.3) is 0 Å². The maximum atomic E-state index is 12.4. The van der Waals surface area contributed by atoms with Gasteiger partial charge in [-0.05, 0) is 11.1 Å². The summed E-state index contributed by atoms with van der Waals surface area (Å²) in [4.78, 5) is 18.8. The number of nitrogens with one attached hydrogen (secondary N) is 2. The van der Waals surface area contributed by atoms with Crippen LogP contribution in [-0.4, -0.2) is 81.3 Å². The lowest BCUT2D eigenvalue weighted by Gasteiger charge is -2.27. The van der Waals surface area contributed by atoms with Gasteiger partial charge in [0.1, 0.15) is 6.54 Å². The minimum atomic E-state index is -4.42. The predicted octanol–water partition coefficient (Wildman–Crippen LogP) is 1.82. The van der Waals surface area contributed by atoms with E-state index in [0.29, 0.717) is 17.4 Å². The molecule has 1 heterocycles. The van der Waals surface area contributed by atoms with Gasteiger partial charge in [0, 0.05) is 40.3 Å². The number of aliphatic imine (C=N–C) groups is 1. The normalized spacial score (nSPS) is 15.3. The molecule has 170 valence electrons. The molecule has 2 N–H and O–H groups in total. The highest BCUT2D eigenvalue weighted by Gasteiger charge is 2.31. The lowest BCUT2D eigenvalue weighted by Crippen LogP contribution is -2.45. The average Bonchev–Trinajstić information content (AvgIpc) is 2.68. The Morgan fingerprint density at radius 3 is 2.43 bits per heavy atom. The fourth-order valence-corrected chi connectivity index (χ4v) is 2.94. The molecule has 0 atom stereocenters. The molecule has 0 bridgehead atoms. The Kier molecular flexibility index (Phi) is 11.4. The molecule has 0 saturated carbocycles. The molecular weight excluding hydrogens is 514 g/mol. The van der Waals surface area contributed by atoms with Gasteiger partial charge in [0.15, 0.2) is 5.96 Å². The summed E-state index contributed by atoms with van der Waals surface area (Å²) in [6.45, 7) is 2.97. The van der Waals surface area contributed by atoms with Crippen molar-refractivity contribution in [1.82, 2.24) is 20.4 Å². The molecule has 1 fully saturated rings. The number of carbonyl (C=O) groups is 1. The van der Waals surface area contributed by atoms with Crippen LogP contribution in [0.25, 0.3) is 0 Å². The molecule has 0 aliphatic carbocycles. The minimum Gasteiger partial charge on any atom is -0.379 e. The van der Waals surface area contributed by atoms with E-state index in [4.69, 9.17) is 4.74 Å². The number of morpholine rings is 1. The van der Waals surface area contributed by atoms with Gasteiger partial charge in [0.05, 0.1) is 19.8 Å². The number of benzene rings is 1. The monoisotopic (exact) mass is 543 g/mol. The van der Waals surface area contributed by atoms with Gasteiger partial charge >= 0.3 is 6.18 Å². The fraction of sp³-hybridized carbons (Fsp3) is 0.579. The Balaban J connectivity index is 0.00000450. The van der Waals surface area contributed by atoms with Crippen molar-refractivity contribution in [3.05, 3.63) is 35.4 Å². The number of hydrogen-bond acceptors (Lipinski definition) is 4. The number of ether oxygens (including phenoxy) is 1. The lowest BCUT2D eigenvalue weighted by atomic mass is 10.1. The minimum absolute atomic E-state index is 0. The van der Waals surface area contributed by atoms with Crippen molar-refractivity contribution in [2.75, 3.05) is 53.5 Å². The third kappa shape index (κ3) is 9.47. The summed E-state index contributed by atoms with van der Waals surface area (Å²) in [7, 11) is 2.66. The first kappa shape index (κ1) is 26.4. The number of likely N-dealkylation sites (N-methyl/N-ethyl adjacent to an activating group) is 1. The summed E-state index contributed by atoms with van der Waals surface area (Å²) in [5, 5.41) is 5.87. The zero-order chi connectivity index (χ0) is 21.3. The van der Waals surface area contributed by atoms with E-state index < -0.39 is 18.6 Å². The third-order valence-electron chi connectivity index (χ3n) is 4.54. The summed E-state index contributed by atoms with van der Waals surface area (Å²) in [6.07, 6.45) is -4.42. The van der Waals surface area contributed by atoms with E-state index in [1.165, 1.54) is 5.56 Å². The maximum Gasteiger partial charge on any atom is 0.406 e. The molecule has 0 spiro atoms. The second kappa shape index (κ2) is 13.0. The van der Waals surface area contributed by atoms with Gasteiger partial charge < -0.3 is 20.3 Å². The van der Waals surface area contributed by atoms with E-state index in [-0.39, 0.29) is 30.5 Å². The van der Waals surface area contributed by atoms with Crippen molar-refractivity contribution in [1.29, 1.82) is 0 Å². The highest BCUT2D eigenvalue weighted by molar-refractivity contribution is 14.0. The van der Waals surface area contributed by atoms with Crippen LogP contribution in [0.15, 0.2) is 29.3 Å². The first-order valence-corrected chi connectivity index (χ1v) is 9.40. The van der Waals surface area contributed by atoms with Gasteiger partial charge in [-0.2, -0.15) is 13.2 Å². The summed E-state index contributed by atoms with van der Waals surface area (Å²) < 4.78 is 42.5. The van der Waals surface area contributed by atoms with Gasteiger partial charge in [-0.3, -0.25) is 14.7 Å². The van der Waals surface area contributed by atoms with Crippen LogP contribution in [0.1, 0.15) is 11.1 Å². The van der Waals surface area contributed by atoms with E-state index in [1.807, 2.05) is 18.2 Å². The molecule has 1 aliphatic rings. The second-order valence-electron chi connectivity index (χ2n) is 6.80. The second-order valence-corrected chi connectivity index (χ2v) is 6.80. The van der Waals surface area contributed by atoms with Crippen LogP contribution in [-0.2, 0) is 22.6 Å². The number of alkyl halides is 3. The van der Waals surface area contributed by atoms with Crippen LogP contribution >= 0.6 is 24.0 Å². The molecule has 2 rings (SSSR count). The highest BCUT2D eigenvalue weighted by atomic mass is 127. The fourth-order valence-electron chi connectivity index (χ4n) is 2.94. The van der Waals surface area contributed by atoms with Crippen LogP contribution in [0.5, 0.6) is 0 Å². The first-order valence-electron chi connectivity index (χ1n) is 9.40. The van der Waals surface area contributed by atoms with Gasteiger partial charge in [-0.25, -0.2) is 0 Å². The summed E-state index contributed by atoms with van der Waals surface area (Å²) in [5.74, 6) is -0.321. The maximum absolute atomic E-state index is 12.4. The molecule has 0 radical (unpaired) electrons. The molecule has 0 unspecified atom stereocenters. The van der Waals surface area contributed by atoms with E-state index in [2.05, 4.69) is 26.6 Å². The highest BCUT2D eigenvalue weighted by Crippen LogP contribution is 2.15. The molecule has 7 nitrogen and oxygen atoms in total. The van der Waals surface area contributed by atoms with Crippen molar-refractivity contribution in [3.8, 4) is 0 Å². The zero-order valence-electron chi connectivity index (χ0n) is 17.2. The van der Waals surface area contributed by atoms with Crippen LogP contribution in [0.3, 0.4) is 0 Å². The first-order chi connectivity index (χ1) is 13.8. The summed E-state index contributed by atoms with van der Waals surface area (Å²) in [6, 6.07) is 8.02. The van der Waals surface area contributed by atoms with Crippen molar-refractivity contribution in [2.24, 2.45) is 4.99 Å². The number of hydrogen-bond donors (Lipinski definition) is 2. The average molecular weight is 543 g/mol. The van der Waals surface area contributed by atoms with E-state index >= 15 is 0 Å². The quantitative estimate of drug-likeness (QED) is 0.312. The third-order valence-corrected chi connectivity index (χ3v) is 4.54. The van der Waals surface area contributed by atoms with Gasteiger partial charge in [0.2, 0.25) is 5.91 Å². The van der Waals surface area contributed by atoms with Gasteiger partial charge in [-0.15, -0.1) is 24.0 Å². The molecule has 1 aliphatic heterocycles. The number of amides is 1. The van der Waals surface area contributed by atoms with Crippen molar-refractivity contribution < 1.29 is 22.7 Å². The number of halogens is 4. The molecular formula is C19H29F3IN5O2. The molecule has 0 aromatic heterocycles.